The van der Waals surface area contributed by atoms with E-state index in [-0.39, 0.29) is 0 Å². The molecule has 0 heterocycles. The molecular formula is C7H10O4. The molecule has 4 heteroatoms. The van der Waals surface area contributed by atoms with Gasteiger partial charge in [-0.1, -0.05) is 20.8 Å². The first-order valence-corrected chi connectivity index (χ1v) is 3.09. The van der Waals surface area contributed by atoms with Gasteiger partial charge in [0.1, 0.15) is 0 Å². The third-order valence-corrected chi connectivity index (χ3v) is 1.08. The van der Waals surface area contributed by atoms with Crippen LogP contribution in [0, 0.1) is 5.41 Å². The zero-order chi connectivity index (χ0) is 9.23. The van der Waals surface area contributed by atoms with Crippen LogP contribution in [0.1, 0.15) is 20.8 Å². The molecular weight excluding hydrogens is 148 g/mol. The van der Waals surface area contributed by atoms with Gasteiger partial charge >= 0.3 is 11.8 Å². The lowest BCUT2D eigenvalue weighted by Crippen LogP contribution is -2.33. The van der Waals surface area contributed by atoms with Gasteiger partial charge in [-0.25, -0.2) is 4.79 Å². The molecule has 0 aliphatic carbocycles. The van der Waals surface area contributed by atoms with E-state index in [0.29, 0.717) is 0 Å². The van der Waals surface area contributed by atoms with Crippen molar-refractivity contribution in [1.82, 2.24) is 0 Å². The van der Waals surface area contributed by atoms with Crippen molar-refractivity contribution >= 4 is 17.5 Å². The second-order valence-corrected chi connectivity index (χ2v) is 3.21. The molecule has 4 nitrogen and oxygen atoms in total. The Bertz CT molecular complexity index is 209. The van der Waals surface area contributed by atoms with Gasteiger partial charge in [-0.3, -0.25) is 9.59 Å². The Labute approximate surface area is 64.2 Å². The molecule has 0 aliphatic rings. The smallest absolute Gasteiger partial charge is 0.380 e. The van der Waals surface area contributed by atoms with Crippen LogP contribution < -0.4 is 0 Å². The van der Waals surface area contributed by atoms with E-state index < -0.39 is 23.0 Å². The largest absolute Gasteiger partial charge is 0.475 e. The summed E-state index contributed by atoms with van der Waals surface area (Å²) in [5.41, 5.74) is -0.907. The van der Waals surface area contributed by atoms with Gasteiger partial charge in [0, 0.05) is 5.41 Å². The Hall–Kier alpha value is -1.19. The van der Waals surface area contributed by atoms with E-state index in [2.05, 4.69) is 0 Å². The zero-order valence-corrected chi connectivity index (χ0v) is 6.67. The highest BCUT2D eigenvalue weighted by atomic mass is 16.4. The minimum atomic E-state index is -1.69. The summed E-state index contributed by atoms with van der Waals surface area (Å²) in [5, 5.41) is 8.15. The Morgan fingerprint density at radius 1 is 1.09 bits per heavy atom. The summed E-state index contributed by atoms with van der Waals surface area (Å²) in [6.07, 6.45) is 0. The maximum atomic E-state index is 10.9. The second-order valence-electron chi connectivity index (χ2n) is 3.21. The van der Waals surface area contributed by atoms with Crippen LogP contribution in [0.3, 0.4) is 0 Å². The SMILES string of the molecule is CC(C)(C)C(=O)C(=O)C(=O)O. The van der Waals surface area contributed by atoms with Crippen LogP contribution in [0.25, 0.3) is 0 Å². The van der Waals surface area contributed by atoms with E-state index in [4.69, 9.17) is 5.11 Å². The molecule has 0 aliphatic heterocycles. The van der Waals surface area contributed by atoms with Crippen LogP contribution in [0.15, 0.2) is 0 Å². The summed E-state index contributed by atoms with van der Waals surface area (Å²) in [4.78, 5) is 31.4. The van der Waals surface area contributed by atoms with E-state index in [9.17, 15) is 14.4 Å². The van der Waals surface area contributed by atoms with Crippen molar-refractivity contribution in [2.24, 2.45) is 5.41 Å². The number of carboxylic acid groups (broad SMARTS) is 1. The van der Waals surface area contributed by atoms with Crippen LogP contribution in [0.4, 0.5) is 0 Å². The molecule has 0 aromatic heterocycles. The highest BCUT2D eigenvalue weighted by molar-refractivity contribution is 6.62. The van der Waals surface area contributed by atoms with E-state index in [1.165, 1.54) is 20.8 Å². The predicted octanol–water partition coefficient (Wildman–Crippen LogP) is 0.255. The number of carboxylic acids is 1. The van der Waals surface area contributed by atoms with Gasteiger partial charge in [-0.15, -0.1) is 0 Å². The van der Waals surface area contributed by atoms with Crippen molar-refractivity contribution in [2.75, 3.05) is 0 Å². The number of rotatable bonds is 2. The number of aliphatic carboxylic acids is 1. The van der Waals surface area contributed by atoms with Gasteiger partial charge in [0.15, 0.2) is 0 Å². The molecule has 0 bridgehead atoms. The molecule has 0 saturated carbocycles. The first-order chi connectivity index (χ1) is 4.76. The van der Waals surface area contributed by atoms with Crippen molar-refractivity contribution in [3.63, 3.8) is 0 Å². The summed E-state index contributed by atoms with van der Waals surface area (Å²) in [7, 11) is 0. The molecule has 0 fully saturated rings. The highest BCUT2D eigenvalue weighted by Gasteiger charge is 2.32. The summed E-state index contributed by atoms with van der Waals surface area (Å²) < 4.78 is 0. The van der Waals surface area contributed by atoms with E-state index >= 15 is 0 Å². The number of ketones is 2. The van der Waals surface area contributed by atoms with Crippen molar-refractivity contribution in [3.05, 3.63) is 0 Å². The average Bonchev–Trinajstić information content (AvgIpc) is 1.82. The van der Waals surface area contributed by atoms with Crippen LogP contribution in [0.5, 0.6) is 0 Å². The molecule has 0 amide bonds. The number of carbonyl (C=O) groups is 3. The third kappa shape index (κ3) is 2.49. The number of carbonyl (C=O) groups excluding carboxylic acids is 2. The maximum Gasteiger partial charge on any atom is 0.380 e. The number of Topliss-reactive ketones (excluding diaryl/α,β-unsaturated/α-hetero) is 2. The molecule has 0 aromatic carbocycles. The third-order valence-electron chi connectivity index (χ3n) is 1.08. The fourth-order valence-corrected chi connectivity index (χ4v) is 0.438. The Kier molecular flexibility index (Phi) is 2.51. The van der Waals surface area contributed by atoms with Gasteiger partial charge in [-0.05, 0) is 0 Å². The quantitative estimate of drug-likeness (QED) is 0.462. The molecule has 0 unspecified atom stereocenters. The van der Waals surface area contributed by atoms with Crippen molar-refractivity contribution < 1.29 is 19.5 Å². The molecule has 0 atom stereocenters. The second kappa shape index (κ2) is 2.82. The lowest BCUT2D eigenvalue weighted by molar-refractivity contribution is -0.155. The van der Waals surface area contributed by atoms with Crippen LogP contribution in [-0.4, -0.2) is 22.6 Å². The summed E-state index contributed by atoms with van der Waals surface area (Å²) in [6.45, 7) is 4.49. The normalized spacial score (nSPS) is 10.8. The van der Waals surface area contributed by atoms with E-state index in [0.717, 1.165) is 0 Å². The fraction of sp³-hybridized carbons (Fsp3) is 0.571. The number of hydrogen-bond donors (Lipinski definition) is 1. The van der Waals surface area contributed by atoms with Crippen molar-refractivity contribution in [1.29, 1.82) is 0 Å². The average molecular weight is 158 g/mol. The van der Waals surface area contributed by atoms with E-state index in [1.807, 2.05) is 0 Å². The lowest BCUT2D eigenvalue weighted by atomic mass is 9.88. The topological polar surface area (TPSA) is 71.4 Å². The fourth-order valence-electron chi connectivity index (χ4n) is 0.438. The van der Waals surface area contributed by atoms with Crippen molar-refractivity contribution in [3.8, 4) is 0 Å². The molecule has 0 saturated heterocycles. The molecule has 1 N–H and O–H groups in total. The summed E-state index contributed by atoms with van der Waals surface area (Å²) >= 11 is 0. The summed E-state index contributed by atoms with van der Waals surface area (Å²) in [6, 6.07) is 0. The molecule has 62 valence electrons. The minimum Gasteiger partial charge on any atom is -0.475 e. The summed E-state index contributed by atoms with van der Waals surface area (Å²) in [5.74, 6) is -3.91. The van der Waals surface area contributed by atoms with E-state index in [1.54, 1.807) is 0 Å². The molecule has 0 aromatic rings. The standard InChI is InChI=1S/C7H10O4/c1-7(2,3)5(9)4(8)6(10)11/h1-3H3,(H,10,11). The molecule has 0 spiro atoms. The highest BCUT2D eigenvalue weighted by Crippen LogP contribution is 2.14. The Morgan fingerprint density at radius 2 is 1.45 bits per heavy atom. The van der Waals surface area contributed by atoms with Gasteiger partial charge in [0.25, 0.3) is 0 Å². The first-order valence-electron chi connectivity index (χ1n) is 3.09. The van der Waals surface area contributed by atoms with Crippen molar-refractivity contribution in [2.45, 2.75) is 20.8 Å². The Morgan fingerprint density at radius 3 is 1.55 bits per heavy atom. The zero-order valence-electron chi connectivity index (χ0n) is 6.67. The van der Waals surface area contributed by atoms with Gasteiger partial charge in [-0.2, -0.15) is 0 Å². The maximum absolute atomic E-state index is 10.9. The van der Waals surface area contributed by atoms with Crippen LogP contribution in [-0.2, 0) is 14.4 Å². The van der Waals surface area contributed by atoms with Crippen LogP contribution >= 0.6 is 0 Å². The molecule has 0 radical (unpaired) electrons. The predicted molar refractivity (Wildman–Crippen MR) is 37.1 cm³/mol. The molecule has 11 heavy (non-hydrogen) atoms. The van der Waals surface area contributed by atoms with Gasteiger partial charge < -0.3 is 5.11 Å². The monoisotopic (exact) mass is 158 g/mol. The van der Waals surface area contributed by atoms with Crippen LogP contribution in [0.2, 0.25) is 0 Å². The van der Waals surface area contributed by atoms with Gasteiger partial charge in [0.2, 0.25) is 5.78 Å². The minimum absolute atomic E-state index is 0.870. The first kappa shape index (κ1) is 9.81. The number of hydrogen-bond acceptors (Lipinski definition) is 3. The molecule has 0 rings (SSSR count). The Balaban J connectivity index is 4.53. The lowest BCUT2D eigenvalue weighted by Gasteiger charge is -2.12. The van der Waals surface area contributed by atoms with Gasteiger partial charge in [0.05, 0.1) is 0 Å².